The lowest BCUT2D eigenvalue weighted by atomic mass is 9.90. The fourth-order valence-corrected chi connectivity index (χ4v) is 4.97. The second-order valence-corrected chi connectivity index (χ2v) is 9.08. The van der Waals surface area contributed by atoms with Crippen LogP contribution in [-0.4, -0.2) is 37.7 Å². The molecule has 5 rings (SSSR count). The molecule has 3 aromatic carbocycles. The van der Waals surface area contributed by atoms with Crippen LogP contribution in [0.15, 0.2) is 72.8 Å². The summed E-state index contributed by atoms with van der Waals surface area (Å²) < 4.78 is 17.3. The molecule has 0 radical (unpaired) electrons. The lowest BCUT2D eigenvalue weighted by Crippen LogP contribution is -2.37. The fraction of sp³-hybridized carbons (Fsp3) is 0.333. The summed E-state index contributed by atoms with van der Waals surface area (Å²) in [6.07, 6.45) is -0.0846. The van der Waals surface area contributed by atoms with Crippen molar-refractivity contribution in [2.75, 3.05) is 29.8 Å². The van der Waals surface area contributed by atoms with Gasteiger partial charge in [0, 0.05) is 0 Å². The normalized spacial score (nSPS) is 20.6. The van der Waals surface area contributed by atoms with Crippen LogP contribution in [0.25, 0.3) is 0 Å². The summed E-state index contributed by atoms with van der Waals surface area (Å²) in [4.78, 5) is 35.0. The first-order valence-corrected chi connectivity index (χ1v) is 13.1. The zero-order valence-electron chi connectivity index (χ0n) is 21.8. The van der Waals surface area contributed by atoms with E-state index in [1.807, 2.05) is 69.3 Å². The Morgan fingerprint density at radius 3 is 2.18 bits per heavy atom. The van der Waals surface area contributed by atoms with E-state index in [1.165, 1.54) is 4.90 Å². The number of nitrogens with zero attached hydrogens (tertiary/aromatic N) is 2. The number of amides is 2. The molecule has 2 heterocycles. The second-order valence-electron chi connectivity index (χ2n) is 9.08. The first-order valence-electron chi connectivity index (χ1n) is 13.1. The Morgan fingerprint density at radius 1 is 0.763 bits per heavy atom. The lowest BCUT2D eigenvalue weighted by Gasteiger charge is -2.29. The Bertz CT molecular complexity index is 1280. The van der Waals surface area contributed by atoms with E-state index in [-0.39, 0.29) is 11.8 Å². The van der Waals surface area contributed by atoms with Crippen molar-refractivity contribution < 1.29 is 28.6 Å². The number of benzene rings is 3. The molecular weight excluding hydrogens is 484 g/mol. The number of anilines is 2. The molecule has 3 atom stereocenters. The molecule has 0 spiro atoms. The number of para-hydroxylation sites is 1. The van der Waals surface area contributed by atoms with Gasteiger partial charge in [0.15, 0.2) is 17.6 Å². The van der Waals surface area contributed by atoms with Gasteiger partial charge in [-0.15, -0.1) is 0 Å². The summed E-state index contributed by atoms with van der Waals surface area (Å²) in [5.74, 6) is 0.469. The summed E-state index contributed by atoms with van der Waals surface area (Å²) in [5.41, 5.74) is 2.04. The maximum absolute atomic E-state index is 13.9. The molecule has 0 aliphatic carbocycles. The average molecular weight is 517 g/mol. The second kappa shape index (κ2) is 11.1. The molecule has 0 N–H and O–H groups in total. The third-order valence-electron chi connectivity index (χ3n) is 6.60. The molecule has 0 aromatic heterocycles. The number of imide groups is 1. The molecule has 0 saturated carbocycles. The number of hydrogen-bond acceptors (Lipinski definition) is 7. The first kappa shape index (κ1) is 25.6. The lowest BCUT2D eigenvalue weighted by molar-refractivity contribution is -0.126. The zero-order valence-corrected chi connectivity index (χ0v) is 21.8. The molecule has 2 saturated heterocycles. The Kier molecular flexibility index (Phi) is 7.51. The minimum Gasteiger partial charge on any atom is -0.494 e. The smallest absolute Gasteiger partial charge is 0.266 e. The number of ether oxygens (including phenoxy) is 3. The zero-order chi connectivity index (χ0) is 26.6. The minimum atomic E-state index is -0.953. The van der Waals surface area contributed by atoms with Crippen LogP contribution in [0.3, 0.4) is 0 Å². The fourth-order valence-electron chi connectivity index (χ4n) is 4.97. The van der Waals surface area contributed by atoms with Gasteiger partial charge < -0.3 is 14.2 Å². The molecule has 38 heavy (non-hydrogen) atoms. The van der Waals surface area contributed by atoms with Gasteiger partial charge in [0.2, 0.25) is 5.91 Å². The summed E-state index contributed by atoms with van der Waals surface area (Å²) in [6.45, 7) is 7.41. The van der Waals surface area contributed by atoms with Crippen LogP contribution < -0.4 is 24.2 Å². The van der Waals surface area contributed by atoms with Crippen LogP contribution in [0.5, 0.6) is 17.2 Å². The van der Waals surface area contributed by atoms with E-state index in [1.54, 1.807) is 29.3 Å². The Labute approximate surface area is 222 Å². The standard InChI is InChI=1S/C30H32N2O6/c1-4-18-37-24-17-12-20(19-25(24)36-6-3)27-26-28(38-32(27)22-10-8-7-9-11-22)30(34)31(29(26)33)21-13-15-23(16-14-21)35-5-2/h7-17,19,26-28H,4-6,18H2,1-3H3/t26-,27-,28-/m0/s1. The predicted molar refractivity (Wildman–Crippen MR) is 144 cm³/mol. The molecule has 2 fully saturated rings. The van der Waals surface area contributed by atoms with Crippen molar-refractivity contribution in [3.8, 4) is 17.2 Å². The van der Waals surface area contributed by atoms with Crippen molar-refractivity contribution in [1.82, 2.24) is 0 Å². The Balaban J connectivity index is 1.54. The van der Waals surface area contributed by atoms with Gasteiger partial charge in [0.25, 0.3) is 5.91 Å². The third-order valence-corrected chi connectivity index (χ3v) is 6.60. The largest absolute Gasteiger partial charge is 0.494 e. The van der Waals surface area contributed by atoms with E-state index in [9.17, 15) is 9.59 Å². The number of carbonyl (C=O) groups is 2. The maximum Gasteiger partial charge on any atom is 0.266 e. The summed E-state index contributed by atoms with van der Waals surface area (Å²) >= 11 is 0. The van der Waals surface area contributed by atoms with Gasteiger partial charge in [-0.25, -0.2) is 9.96 Å². The van der Waals surface area contributed by atoms with Crippen molar-refractivity contribution in [1.29, 1.82) is 0 Å². The van der Waals surface area contributed by atoms with Crippen LogP contribution in [-0.2, 0) is 14.4 Å². The monoisotopic (exact) mass is 516 g/mol. The SMILES string of the molecule is CCCOc1ccc([C@H]2[C@@H]3C(=O)N(c4ccc(OCC)cc4)C(=O)[C@H]3ON2c2ccccc2)cc1OCC. The number of hydroxylamine groups is 1. The molecule has 8 heteroatoms. The van der Waals surface area contributed by atoms with Gasteiger partial charge in [-0.3, -0.25) is 14.4 Å². The quantitative estimate of drug-likeness (QED) is 0.337. The van der Waals surface area contributed by atoms with Gasteiger partial charge in [-0.1, -0.05) is 31.2 Å². The summed E-state index contributed by atoms with van der Waals surface area (Å²) in [5, 5.41) is 1.68. The minimum absolute atomic E-state index is 0.308. The van der Waals surface area contributed by atoms with Gasteiger partial charge in [-0.05, 0) is 74.4 Å². The molecule has 8 nitrogen and oxygen atoms in total. The van der Waals surface area contributed by atoms with Crippen molar-refractivity contribution in [2.45, 2.75) is 39.3 Å². The number of hydrogen-bond donors (Lipinski definition) is 0. The van der Waals surface area contributed by atoms with E-state index in [0.29, 0.717) is 42.8 Å². The van der Waals surface area contributed by atoms with Gasteiger partial charge in [0.05, 0.1) is 37.2 Å². The highest BCUT2D eigenvalue weighted by molar-refractivity contribution is 6.23. The van der Waals surface area contributed by atoms with E-state index >= 15 is 0 Å². The van der Waals surface area contributed by atoms with Crippen LogP contribution in [0.4, 0.5) is 11.4 Å². The molecule has 2 aliphatic rings. The van der Waals surface area contributed by atoms with Crippen LogP contribution in [0.1, 0.15) is 38.8 Å². The number of carbonyl (C=O) groups excluding carboxylic acids is 2. The highest BCUT2D eigenvalue weighted by Gasteiger charge is 2.60. The highest BCUT2D eigenvalue weighted by Crippen LogP contribution is 2.48. The van der Waals surface area contributed by atoms with E-state index in [0.717, 1.165) is 17.7 Å². The topological polar surface area (TPSA) is 77.5 Å². The van der Waals surface area contributed by atoms with Crippen molar-refractivity contribution in [3.63, 3.8) is 0 Å². The predicted octanol–water partition coefficient (Wildman–Crippen LogP) is 5.32. The molecule has 198 valence electrons. The van der Waals surface area contributed by atoms with Crippen molar-refractivity contribution in [2.24, 2.45) is 5.92 Å². The Morgan fingerprint density at radius 2 is 1.50 bits per heavy atom. The van der Waals surface area contributed by atoms with Crippen molar-refractivity contribution >= 4 is 23.2 Å². The number of fused-ring (bicyclic) bond motifs is 1. The highest BCUT2D eigenvalue weighted by atomic mass is 16.7. The van der Waals surface area contributed by atoms with E-state index in [2.05, 4.69) is 0 Å². The summed E-state index contributed by atoms with van der Waals surface area (Å²) in [6, 6.07) is 21.6. The van der Waals surface area contributed by atoms with Gasteiger partial charge in [-0.2, -0.15) is 0 Å². The molecule has 3 aromatic rings. The van der Waals surface area contributed by atoms with E-state index < -0.39 is 18.1 Å². The van der Waals surface area contributed by atoms with Crippen molar-refractivity contribution in [3.05, 3.63) is 78.4 Å². The number of rotatable bonds is 10. The maximum atomic E-state index is 13.9. The van der Waals surface area contributed by atoms with Crippen LogP contribution >= 0.6 is 0 Å². The molecule has 0 bridgehead atoms. The third kappa shape index (κ3) is 4.67. The molecule has 0 unspecified atom stereocenters. The van der Waals surface area contributed by atoms with Gasteiger partial charge in [0.1, 0.15) is 11.7 Å². The first-order chi connectivity index (χ1) is 18.6. The average Bonchev–Trinajstić information content (AvgIpc) is 3.45. The molecule has 2 amide bonds. The molecule has 2 aliphatic heterocycles. The molecular formula is C30H32N2O6. The Hall–Kier alpha value is -4.04. The summed E-state index contributed by atoms with van der Waals surface area (Å²) in [7, 11) is 0. The van der Waals surface area contributed by atoms with Gasteiger partial charge >= 0.3 is 0 Å². The van der Waals surface area contributed by atoms with E-state index in [4.69, 9.17) is 19.0 Å². The van der Waals surface area contributed by atoms with Crippen LogP contribution in [0.2, 0.25) is 0 Å². The van der Waals surface area contributed by atoms with Crippen LogP contribution in [0, 0.1) is 5.92 Å².